The molecule has 38 heavy (non-hydrogen) atoms. The van der Waals surface area contributed by atoms with Gasteiger partial charge in [-0.25, -0.2) is 0 Å². The summed E-state index contributed by atoms with van der Waals surface area (Å²) in [5.41, 5.74) is 12.9. The van der Waals surface area contributed by atoms with E-state index in [4.69, 9.17) is 0 Å². The minimum atomic E-state index is 0.0356. The smallest absolute Gasteiger partial charge is 0.323 e. The van der Waals surface area contributed by atoms with Crippen LogP contribution in [0.3, 0.4) is 0 Å². The quantitative estimate of drug-likeness (QED) is 0.246. The lowest BCUT2D eigenvalue weighted by Crippen LogP contribution is -2.50. The van der Waals surface area contributed by atoms with Crippen LogP contribution in [0.5, 0.6) is 0 Å². The SMILES string of the molecule is CC(C)c1cc(C(C)C)c(B2NC(c3ccccc3)=CC=C2c2ccc(-c3ccccc3)[nH]2)c(C(C)C)c1. The second-order valence-corrected chi connectivity index (χ2v) is 11.4. The average Bonchev–Trinajstić information content (AvgIpc) is 3.43. The highest BCUT2D eigenvalue weighted by atomic mass is 14.8. The Kier molecular flexibility index (Phi) is 7.47. The van der Waals surface area contributed by atoms with Crippen LogP contribution < -0.4 is 10.7 Å². The molecule has 0 amide bonds. The van der Waals surface area contributed by atoms with Crippen LogP contribution >= 0.6 is 0 Å². The Labute approximate surface area is 229 Å². The lowest BCUT2D eigenvalue weighted by atomic mass is 9.45. The van der Waals surface area contributed by atoms with E-state index >= 15 is 0 Å². The summed E-state index contributed by atoms with van der Waals surface area (Å²) >= 11 is 0. The number of nitrogens with one attached hydrogen (secondary N) is 2. The van der Waals surface area contributed by atoms with E-state index in [2.05, 4.69) is 149 Å². The maximum atomic E-state index is 4.00. The molecule has 192 valence electrons. The molecule has 0 saturated heterocycles. The molecule has 3 heteroatoms. The highest BCUT2D eigenvalue weighted by molar-refractivity contribution is 6.89. The Balaban J connectivity index is 1.70. The van der Waals surface area contributed by atoms with Crippen LogP contribution in [0.1, 0.15) is 87.2 Å². The Morgan fingerprint density at radius 3 is 1.68 bits per heavy atom. The molecule has 0 saturated carbocycles. The van der Waals surface area contributed by atoms with Crippen LogP contribution in [0.15, 0.2) is 97.1 Å². The predicted molar refractivity (Wildman–Crippen MR) is 166 cm³/mol. The molecule has 1 aromatic heterocycles. The van der Waals surface area contributed by atoms with Crippen LogP contribution in [0.4, 0.5) is 0 Å². The molecule has 1 aliphatic heterocycles. The van der Waals surface area contributed by atoms with Crippen molar-refractivity contribution >= 4 is 23.5 Å². The molecule has 3 aromatic carbocycles. The zero-order valence-electron chi connectivity index (χ0n) is 23.5. The first kappa shape index (κ1) is 25.9. The summed E-state index contributed by atoms with van der Waals surface area (Å²) in [7, 11) is 0. The lowest BCUT2D eigenvalue weighted by molar-refractivity contribution is 0.812. The van der Waals surface area contributed by atoms with Crippen molar-refractivity contribution in [1.29, 1.82) is 0 Å². The molecule has 0 aliphatic carbocycles. The summed E-state index contributed by atoms with van der Waals surface area (Å²) in [5, 5.41) is 4.00. The molecule has 2 N–H and O–H groups in total. The largest absolute Gasteiger partial charge is 0.420 e. The van der Waals surface area contributed by atoms with Crippen LogP contribution in [-0.2, 0) is 0 Å². The fourth-order valence-electron chi connectivity index (χ4n) is 5.52. The van der Waals surface area contributed by atoms with Crippen molar-refractivity contribution in [3.05, 3.63) is 125 Å². The molecular formula is C35H39BN2. The average molecular weight is 499 g/mol. The van der Waals surface area contributed by atoms with Crippen molar-refractivity contribution in [2.75, 3.05) is 0 Å². The Bertz CT molecular complexity index is 1430. The van der Waals surface area contributed by atoms with Gasteiger partial charge in [0.05, 0.1) is 0 Å². The van der Waals surface area contributed by atoms with Crippen molar-refractivity contribution in [3.63, 3.8) is 0 Å². The predicted octanol–water partition coefficient (Wildman–Crippen LogP) is 8.52. The number of aromatic amines is 1. The summed E-state index contributed by atoms with van der Waals surface area (Å²) in [4.78, 5) is 3.74. The van der Waals surface area contributed by atoms with E-state index in [1.807, 2.05) is 0 Å². The van der Waals surface area contributed by atoms with Gasteiger partial charge >= 0.3 is 6.85 Å². The van der Waals surface area contributed by atoms with Gasteiger partial charge in [0.2, 0.25) is 0 Å². The van der Waals surface area contributed by atoms with Crippen molar-refractivity contribution in [3.8, 4) is 11.3 Å². The number of benzene rings is 3. The Morgan fingerprint density at radius 1 is 0.579 bits per heavy atom. The molecule has 2 heterocycles. The third-order valence-corrected chi connectivity index (χ3v) is 7.67. The van der Waals surface area contributed by atoms with Crippen molar-refractivity contribution in [2.24, 2.45) is 0 Å². The summed E-state index contributed by atoms with van der Waals surface area (Å²) in [6, 6.07) is 30.6. The van der Waals surface area contributed by atoms with Gasteiger partial charge in [-0.3, -0.25) is 0 Å². The number of rotatable bonds is 7. The molecule has 0 radical (unpaired) electrons. The van der Waals surface area contributed by atoms with Crippen molar-refractivity contribution in [2.45, 2.75) is 59.3 Å². The van der Waals surface area contributed by atoms with E-state index in [1.54, 1.807) is 0 Å². The second-order valence-electron chi connectivity index (χ2n) is 11.4. The van der Waals surface area contributed by atoms with Gasteiger partial charge in [-0.2, -0.15) is 0 Å². The maximum absolute atomic E-state index is 4.00. The number of hydrogen-bond acceptors (Lipinski definition) is 1. The third-order valence-electron chi connectivity index (χ3n) is 7.67. The zero-order valence-corrected chi connectivity index (χ0v) is 23.5. The second kappa shape index (κ2) is 11.0. The van der Waals surface area contributed by atoms with Gasteiger partial charge in [-0.05, 0) is 74.7 Å². The van der Waals surface area contributed by atoms with Crippen molar-refractivity contribution < 1.29 is 0 Å². The molecule has 4 aromatic rings. The van der Waals surface area contributed by atoms with Crippen LogP contribution in [0.25, 0.3) is 22.4 Å². The number of H-pyrrole nitrogens is 1. The summed E-state index contributed by atoms with van der Waals surface area (Å²) in [5.74, 6) is 1.32. The minimum absolute atomic E-state index is 0.0356. The van der Waals surface area contributed by atoms with Gasteiger partial charge in [0, 0.05) is 17.1 Å². The van der Waals surface area contributed by atoms with E-state index in [1.165, 1.54) is 38.8 Å². The van der Waals surface area contributed by atoms with Crippen LogP contribution in [0.2, 0.25) is 0 Å². The van der Waals surface area contributed by atoms with Gasteiger partial charge in [0.1, 0.15) is 0 Å². The van der Waals surface area contributed by atoms with Gasteiger partial charge in [-0.1, -0.05) is 120 Å². The van der Waals surface area contributed by atoms with Gasteiger partial charge in [0.15, 0.2) is 0 Å². The zero-order chi connectivity index (χ0) is 26.8. The Morgan fingerprint density at radius 2 is 1.13 bits per heavy atom. The highest BCUT2D eigenvalue weighted by Crippen LogP contribution is 2.32. The minimum Gasteiger partial charge on any atom is -0.420 e. The molecule has 0 bridgehead atoms. The fraction of sp³-hybridized carbons (Fsp3) is 0.257. The molecule has 0 spiro atoms. The van der Waals surface area contributed by atoms with Gasteiger partial charge in [0.25, 0.3) is 0 Å². The van der Waals surface area contributed by atoms with Gasteiger partial charge < -0.3 is 10.2 Å². The monoisotopic (exact) mass is 498 g/mol. The first-order chi connectivity index (χ1) is 18.3. The molecule has 1 aliphatic rings. The highest BCUT2D eigenvalue weighted by Gasteiger charge is 2.33. The molecule has 0 unspecified atom stereocenters. The number of hydrogen-bond donors (Lipinski definition) is 2. The van der Waals surface area contributed by atoms with Crippen LogP contribution in [0, 0.1) is 0 Å². The molecule has 0 atom stereocenters. The number of aromatic nitrogens is 1. The Hall–Kier alpha value is -3.72. The third kappa shape index (κ3) is 5.16. The summed E-state index contributed by atoms with van der Waals surface area (Å²) < 4.78 is 0. The van der Waals surface area contributed by atoms with E-state index < -0.39 is 0 Å². The maximum Gasteiger partial charge on any atom is 0.323 e. The van der Waals surface area contributed by atoms with E-state index in [9.17, 15) is 0 Å². The van der Waals surface area contributed by atoms with E-state index in [0.29, 0.717) is 17.8 Å². The van der Waals surface area contributed by atoms with Crippen LogP contribution in [-0.4, -0.2) is 11.8 Å². The standard InChI is InChI=1S/C35H39BN2/c1-23(2)28-21-29(24(3)4)35(30(22-28)25(5)6)36-31(17-18-33(38-36)27-15-11-8-12-16-27)34-20-19-32(37-34)26-13-9-7-10-14-26/h7-25,37-38H,1-6H3. The number of allylic oxidation sites excluding steroid dienone is 2. The van der Waals surface area contributed by atoms with E-state index in [0.717, 1.165) is 17.1 Å². The molecular weight excluding hydrogens is 459 g/mol. The lowest BCUT2D eigenvalue weighted by Gasteiger charge is -2.31. The molecule has 0 fully saturated rings. The van der Waals surface area contributed by atoms with Crippen molar-refractivity contribution in [1.82, 2.24) is 10.2 Å². The first-order valence-electron chi connectivity index (χ1n) is 14.0. The molecule has 5 rings (SSSR count). The summed E-state index contributed by atoms with van der Waals surface area (Å²) in [6.45, 7) is 13.9. The normalized spacial score (nSPS) is 13.7. The van der Waals surface area contributed by atoms with Gasteiger partial charge in [-0.15, -0.1) is 0 Å². The molecule has 2 nitrogen and oxygen atoms in total. The van der Waals surface area contributed by atoms with E-state index in [-0.39, 0.29) is 6.85 Å². The fourth-order valence-corrected chi connectivity index (χ4v) is 5.52. The first-order valence-corrected chi connectivity index (χ1v) is 14.0. The topological polar surface area (TPSA) is 27.8 Å². The summed E-state index contributed by atoms with van der Waals surface area (Å²) in [6.07, 6.45) is 4.55.